The van der Waals surface area contributed by atoms with E-state index in [1.807, 2.05) is 18.2 Å². The molecule has 0 aliphatic heterocycles. The van der Waals surface area contributed by atoms with Gasteiger partial charge < -0.3 is 15.5 Å². The Kier molecular flexibility index (Phi) is 5.11. The summed E-state index contributed by atoms with van der Waals surface area (Å²) in [5.74, 6) is 0. The summed E-state index contributed by atoms with van der Waals surface area (Å²) in [6, 6.07) is 13.8. The number of para-hydroxylation sites is 1. The molecule has 0 bridgehead atoms. The lowest BCUT2D eigenvalue weighted by atomic mass is 10.1. The second-order valence-electron chi connectivity index (χ2n) is 5.86. The quantitative estimate of drug-likeness (QED) is 0.648. The van der Waals surface area contributed by atoms with Gasteiger partial charge in [-0.3, -0.25) is 0 Å². The van der Waals surface area contributed by atoms with E-state index in [4.69, 9.17) is 5.11 Å². The van der Waals surface area contributed by atoms with E-state index >= 15 is 0 Å². The molecule has 1 aromatic heterocycles. The molecule has 3 rings (SSSR count). The molecule has 0 unspecified atom stereocenters. The van der Waals surface area contributed by atoms with Gasteiger partial charge in [0.2, 0.25) is 0 Å². The summed E-state index contributed by atoms with van der Waals surface area (Å²) in [6.45, 7) is -0.237. The fraction of sp³-hybridized carbons (Fsp3) is 0.211. The first-order valence-electron chi connectivity index (χ1n) is 7.98. The van der Waals surface area contributed by atoms with Gasteiger partial charge in [-0.25, -0.2) is 4.98 Å². The van der Waals surface area contributed by atoms with Crippen LogP contribution in [0.3, 0.4) is 0 Å². The molecular weight excluding hydrogens is 345 g/mol. The fourth-order valence-electron chi connectivity index (χ4n) is 2.59. The molecule has 0 spiro atoms. The van der Waals surface area contributed by atoms with Gasteiger partial charge in [0.15, 0.2) is 0 Å². The lowest BCUT2D eigenvalue weighted by Gasteiger charge is -2.14. The molecule has 1 heterocycles. The summed E-state index contributed by atoms with van der Waals surface area (Å²) in [4.78, 5) is 4.51. The predicted octanol–water partition coefficient (Wildman–Crippen LogP) is 3.69. The van der Waals surface area contributed by atoms with Gasteiger partial charge in [0, 0.05) is 23.2 Å². The first-order chi connectivity index (χ1) is 12.4. The van der Waals surface area contributed by atoms with Gasteiger partial charge in [0.05, 0.1) is 29.5 Å². The number of hydrogen-bond acceptors (Lipinski definition) is 4. The topological polar surface area (TPSA) is 65.4 Å². The maximum atomic E-state index is 12.7. The number of aliphatic hydroxyl groups is 2. The highest BCUT2D eigenvalue weighted by Crippen LogP contribution is 2.32. The fourth-order valence-corrected chi connectivity index (χ4v) is 2.59. The number of aromatic nitrogens is 1. The van der Waals surface area contributed by atoms with Crippen molar-refractivity contribution in [3.05, 3.63) is 60.2 Å². The number of benzene rings is 2. The first kappa shape index (κ1) is 18.2. The summed E-state index contributed by atoms with van der Waals surface area (Å²) >= 11 is 0. The summed E-state index contributed by atoms with van der Waals surface area (Å²) in [5, 5.41) is 22.4. The van der Waals surface area contributed by atoms with E-state index in [0.717, 1.165) is 17.5 Å². The van der Waals surface area contributed by atoms with Crippen LogP contribution in [0.15, 0.2) is 54.6 Å². The van der Waals surface area contributed by atoms with Crippen molar-refractivity contribution in [2.75, 3.05) is 18.5 Å². The van der Waals surface area contributed by atoms with Gasteiger partial charge in [0.25, 0.3) is 0 Å². The lowest BCUT2D eigenvalue weighted by Crippen LogP contribution is -2.23. The van der Waals surface area contributed by atoms with E-state index in [1.165, 1.54) is 12.1 Å². The van der Waals surface area contributed by atoms with Crippen molar-refractivity contribution in [3.8, 4) is 11.3 Å². The predicted molar refractivity (Wildman–Crippen MR) is 93.8 cm³/mol. The number of fused-ring (bicyclic) bond motifs is 1. The summed E-state index contributed by atoms with van der Waals surface area (Å²) in [6.07, 6.45) is -5.31. The highest BCUT2D eigenvalue weighted by atomic mass is 19.4. The molecule has 2 aromatic carbocycles. The normalized spacial score (nSPS) is 13.0. The van der Waals surface area contributed by atoms with Crippen LogP contribution in [0.5, 0.6) is 0 Å². The van der Waals surface area contributed by atoms with Gasteiger partial charge in [-0.15, -0.1) is 0 Å². The number of aliphatic hydroxyl groups excluding tert-OH is 2. The Bertz CT molecular complexity index is 895. The van der Waals surface area contributed by atoms with E-state index < -0.39 is 17.8 Å². The number of hydrogen-bond donors (Lipinski definition) is 3. The standard InChI is InChI=1S/C19H17F3N2O2/c20-19(21,22)13-7-5-12(6-8-13)17-9-18(23-10-14(26)11-25)15-3-1-2-4-16(15)24-17/h1-9,14,25-26H,10-11H2,(H,23,24)/t14-/m0/s1. The largest absolute Gasteiger partial charge is 0.416 e. The van der Waals surface area contributed by atoms with E-state index in [-0.39, 0.29) is 13.2 Å². The Hall–Kier alpha value is -2.64. The third kappa shape index (κ3) is 3.95. The van der Waals surface area contributed by atoms with Crippen LogP contribution in [0, 0.1) is 0 Å². The summed E-state index contributed by atoms with van der Waals surface area (Å²) in [5.41, 5.74) is 1.70. The smallest absolute Gasteiger partial charge is 0.394 e. The summed E-state index contributed by atoms with van der Waals surface area (Å²) in [7, 11) is 0. The number of alkyl halides is 3. The molecule has 4 nitrogen and oxygen atoms in total. The van der Waals surface area contributed by atoms with Crippen LogP contribution < -0.4 is 5.32 Å². The molecule has 136 valence electrons. The van der Waals surface area contributed by atoms with Gasteiger partial charge in [0.1, 0.15) is 0 Å². The number of nitrogens with one attached hydrogen (secondary N) is 1. The number of anilines is 1. The van der Waals surface area contributed by atoms with Crippen LogP contribution >= 0.6 is 0 Å². The van der Waals surface area contributed by atoms with Crippen LogP contribution in [-0.2, 0) is 6.18 Å². The number of halogens is 3. The zero-order chi connectivity index (χ0) is 18.7. The Balaban J connectivity index is 2.00. The minimum Gasteiger partial charge on any atom is -0.394 e. The Morgan fingerprint density at radius 1 is 1.04 bits per heavy atom. The molecule has 26 heavy (non-hydrogen) atoms. The third-order valence-electron chi connectivity index (χ3n) is 3.96. The van der Waals surface area contributed by atoms with Crippen LogP contribution in [-0.4, -0.2) is 34.5 Å². The number of pyridine rings is 1. The molecule has 0 amide bonds. The van der Waals surface area contributed by atoms with Gasteiger partial charge in [-0.1, -0.05) is 30.3 Å². The molecule has 1 atom stereocenters. The van der Waals surface area contributed by atoms with Crippen LogP contribution in [0.2, 0.25) is 0 Å². The maximum absolute atomic E-state index is 12.7. The van der Waals surface area contributed by atoms with Gasteiger partial charge in [-0.05, 0) is 24.3 Å². The van der Waals surface area contributed by atoms with E-state index in [1.54, 1.807) is 12.1 Å². The molecule has 0 radical (unpaired) electrons. The third-order valence-corrected chi connectivity index (χ3v) is 3.96. The van der Waals surface area contributed by atoms with Crippen LogP contribution in [0.1, 0.15) is 5.56 Å². The monoisotopic (exact) mass is 362 g/mol. The van der Waals surface area contributed by atoms with E-state index in [2.05, 4.69) is 10.3 Å². The minimum absolute atomic E-state index is 0.136. The Labute approximate surface area is 147 Å². The molecule has 0 saturated heterocycles. The molecule has 7 heteroatoms. The van der Waals surface area contributed by atoms with Crippen molar-refractivity contribution < 1.29 is 23.4 Å². The average Bonchev–Trinajstić information content (AvgIpc) is 2.65. The molecule has 0 saturated carbocycles. The highest BCUT2D eigenvalue weighted by Gasteiger charge is 2.30. The maximum Gasteiger partial charge on any atom is 0.416 e. The van der Waals surface area contributed by atoms with Gasteiger partial charge in [-0.2, -0.15) is 13.2 Å². The average molecular weight is 362 g/mol. The second-order valence-corrected chi connectivity index (χ2v) is 5.86. The number of nitrogens with zero attached hydrogens (tertiary/aromatic N) is 1. The van der Waals surface area contributed by atoms with Crippen LogP contribution in [0.25, 0.3) is 22.2 Å². The van der Waals surface area contributed by atoms with E-state index in [0.29, 0.717) is 22.5 Å². The number of rotatable bonds is 5. The molecule has 0 aliphatic carbocycles. The molecule has 0 fully saturated rings. The molecule has 3 aromatic rings. The molecular formula is C19H17F3N2O2. The van der Waals surface area contributed by atoms with Crippen molar-refractivity contribution in [2.45, 2.75) is 12.3 Å². The van der Waals surface area contributed by atoms with Crippen LogP contribution in [0.4, 0.5) is 18.9 Å². The molecule has 3 N–H and O–H groups in total. The molecule has 0 aliphatic rings. The SMILES string of the molecule is OC[C@@H](O)CNc1cc(-c2ccc(C(F)(F)F)cc2)nc2ccccc12. The first-order valence-corrected chi connectivity index (χ1v) is 7.98. The Morgan fingerprint density at radius 2 is 1.73 bits per heavy atom. The van der Waals surface area contributed by atoms with Gasteiger partial charge >= 0.3 is 6.18 Å². The van der Waals surface area contributed by atoms with Crippen molar-refractivity contribution in [1.29, 1.82) is 0 Å². The van der Waals surface area contributed by atoms with Crippen molar-refractivity contribution in [2.24, 2.45) is 0 Å². The summed E-state index contributed by atoms with van der Waals surface area (Å²) < 4.78 is 38.2. The lowest BCUT2D eigenvalue weighted by molar-refractivity contribution is -0.137. The van der Waals surface area contributed by atoms with Crippen molar-refractivity contribution in [3.63, 3.8) is 0 Å². The van der Waals surface area contributed by atoms with E-state index in [9.17, 15) is 18.3 Å². The van der Waals surface area contributed by atoms with Crippen molar-refractivity contribution in [1.82, 2.24) is 4.98 Å². The zero-order valence-electron chi connectivity index (χ0n) is 13.7. The Morgan fingerprint density at radius 3 is 2.38 bits per heavy atom. The minimum atomic E-state index is -4.39. The second kappa shape index (κ2) is 7.31. The van der Waals surface area contributed by atoms with Crippen molar-refractivity contribution >= 4 is 16.6 Å². The zero-order valence-corrected chi connectivity index (χ0v) is 13.7. The highest BCUT2D eigenvalue weighted by molar-refractivity contribution is 5.93.